The summed E-state index contributed by atoms with van der Waals surface area (Å²) >= 11 is 0. The number of ether oxygens (including phenoxy) is 1. The fraction of sp³-hybridized carbons (Fsp3) is 1.00. The van der Waals surface area contributed by atoms with Crippen molar-refractivity contribution in [1.82, 2.24) is 5.32 Å². The van der Waals surface area contributed by atoms with Gasteiger partial charge in [-0.25, -0.2) is 0 Å². The molecule has 84 valence electrons. The van der Waals surface area contributed by atoms with Crippen molar-refractivity contribution in [2.24, 2.45) is 0 Å². The SMILES string of the molecule is C[C@H](O)CN[C@H]1CC(C)(C)OC1(C)C. The zero-order valence-electron chi connectivity index (χ0n) is 9.92. The number of aliphatic hydroxyl groups is 1. The summed E-state index contributed by atoms with van der Waals surface area (Å²) in [6, 6.07) is 0.326. The van der Waals surface area contributed by atoms with Gasteiger partial charge in [-0.05, 0) is 41.0 Å². The van der Waals surface area contributed by atoms with E-state index in [1.807, 2.05) is 0 Å². The zero-order chi connectivity index (χ0) is 11.0. The molecular formula is C11H23NO2. The lowest BCUT2D eigenvalue weighted by atomic mass is 9.94. The van der Waals surface area contributed by atoms with Crippen molar-refractivity contribution in [2.45, 2.75) is 64.4 Å². The highest BCUT2D eigenvalue weighted by Crippen LogP contribution is 2.37. The van der Waals surface area contributed by atoms with E-state index in [9.17, 15) is 5.11 Å². The number of hydrogen-bond donors (Lipinski definition) is 2. The zero-order valence-corrected chi connectivity index (χ0v) is 9.92. The van der Waals surface area contributed by atoms with E-state index >= 15 is 0 Å². The lowest BCUT2D eigenvalue weighted by molar-refractivity contribution is -0.0701. The molecule has 1 aliphatic rings. The fourth-order valence-corrected chi connectivity index (χ4v) is 2.19. The van der Waals surface area contributed by atoms with Crippen LogP contribution in [-0.2, 0) is 4.74 Å². The molecule has 0 bridgehead atoms. The van der Waals surface area contributed by atoms with Gasteiger partial charge in [0, 0.05) is 12.6 Å². The van der Waals surface area contributed by atoms with Crippen LogP contribution in [0.5, 0.6) is 0 Å². The summed E-state index contributed by atoms with van der Waals surface area (Å²) in [5.74, 6) is 0. The molecule has 3 heteroatoms. The lowest BCUT2D eigenvalue weighted by Crippen LogP contribution is -2.45. The molecule has 1 fully saturated rings. The quantitative estimate of drug-likeness (QED) is 0.723. The minimum absolute atomic E-state index is 0.0557. The van der Waals surface area contributed by atoms with Gasteiger partial charge in [0.15, 0.2) is 0 Å². The van der Waals surface area contributed by atoms with E-state index < -0.39 is 0 Å². The number of nitrogens with one attached hydrogen (secondary N) is 1. The first kappa shape index (κ1) is 12.0. The molecule has 0 unspecified atom stereocenters. The van der Waals surface area contributed by atoms with Gasteiger partial charge in [0.05, 0.1) is 17.3 Å². The van der Waals surface area contributed by atoms with E-state index in [0.29, 0.717) is 12.6 Å². The van der Waals surface area contributed by atoms with E-state index in [4.69, 9.17) is 4.74 Å². The van der Waals surface area contributed by atoms with Crippen LogP contribution in [0.25, 0.3) is 0 Å². The molecule has 0 saturated carbocycles. The standard InChI is InChI=1S/C11H23NO2/c1-8(13)7-12-9-6-10(2,3)14-11(9,4)5/h8-9,12-13H,6-7H2,1-5H3/t8-,9-/m0/s1. The molecule has 0 radical (unpaired) electrons. The monoisotopic (exact) mass is 201 g/mol. The third-order valence-electron chi connectivity index (χ3n) is 2.73. The van der Waals surface area contributed by atoms with Crippen LogP contribution >= 0.6 is 0 Å². The molecule has 2 N–H and O–H groups in total. The summed E-state index contributed by atoms with van der Waals surface area (Å²) in [5.41, 5.74) is -0.196. The molecular weight excluding hydrogens is 178 g/mol. The van der Waals surface area contributed by atoms with Crippen molar-refractivity contribution in [3.63, 3.8) is 0 Å². The minimum Gasteiger partial charge on any atom is -0.392 e. The maximum Gasteiger partial charge on any atom is 0.0787 e. The second-order valence-electron chi connectivity index (χ2n) is 5.48. The summed E-state index contributed by atoms with van der Waals surface area (Å²) < 4.78 is 5.94. The Bertz CT molecular complexity index is 199. The van der Waals surface area contributed by atoms with Crippen LogP contribution in [0.15, 0.2) is 0 Å². The smallest absolute Gasteiger partial charge is 0.0787 e. The van der Waals surface area contributed by atoms with E-state index in [1.165, 1.54) is 0 Å². The van der Waals surface area contributed by atoms with E-state index in [0.717, 1.165) is 6.42 Å². The first-order chi connectivity index (χ1) is 6.23. The molecule has 0 spiro atoms. The largest absolute Gasteiger partial charge is 0.392 e. The average molecular weight is 201 g/mol. The first-order valence-electron chi connectivity index (χ1n) is 5.34. The highest BCUT2D eigenvalue weighted by Gasteiger charge is 2.45. The molecule has 0 aromatic heterocycles. The highest BCUT2D eigenvalue weighted by atomic mass is 16.5. The Labute approximate surface area is 86.8 Å². The molecule has 1 aliphatic heterocycles. The van der Waals surface area contributed by atoms with Crippen molar-refractivity contribution in [3.8, 4) is 0 Å². The van der Waals surface area contributed by atoms with Crippen molar-refractivity contribution in [2.75, 3.05) is 6.54 Å². The van der Waals surface area contributed by atoms with Gasteiger partial charge < -0.3 is 15.2 Å². The molecule has 14 heavy (non-hydrogen) atoms. The van der Waals surface area contributed by atoms with Crippen molar-refractivity contribution in [3.05, 3.63) is 0 Å². The second-order valence-corrected chi connectivity index (χ2v) is 5.48. The van der Waals surface area contributed by atoms with Gasteiger partial charge in [-0.2, -0.15) is 0 Å². The fourth-order valence-electron chi connectivity index (χ4n) is 2.19. The summed E-state index contributed by atoms with van der Waals surface area (Å²) in [4.78, 5) is 0. The Morgan fingerprint density at radius 3 is 2.36 bits per heavy atom. The van der Waals surface area contributed by atoms with Crippen LogP contribution in [0.3, 0.4) is 0 Å². The van der Waals surface area contributed by atoms with Crippen molar-refractivity contribution < 1.29 is 9.84 Å². The summed E-state index contributed by atoms with van der Waals surface area (Å²) in [7, 11) is 0. The molecule has 0 aromatic rings. The van der Waals surface area contributed by atoms with Gasteiger partial charge in [-0.15, -0.1) is 0 Å². The molecule has 0 amide bonds. The number of aliphatic hydroxyl groups excluding tert-OH is 1. The van der Waals surface area contributed by atoms with Crippen molar-refractivity contribution in [1.29, 1.82) is 0 Å². The topological polar surface area (TPSA) is 41.5 Å². The van der Waals surface area contributed by atoms with Gasteiger partial charge in [0.1, 0.15) is 0 Å². The van der Waals surface area contributed by atoms with Gasteiger partial charge in [0.2, 0.25) is 0 Å². The van der Waals surface area contributed by atoms with Crippen molar-refractivity contribution >= 4 is 0 Å². The van der Waals surface area contributed by atoms with Crippen LogP contribution in [0.2, 0.25) is 0 Å². The van der Waals surface area contributed by atoms with E-state index in [-0.39, 0.29) is 17.3 Å². The Hall–Kier alpha value is -0.120. The Morgan fingerprint density at radius 2 is 2.00 bits per heavy atom. The summed E-state index contributed by atoms with van der Waals surface area (Å²) in [6.45, 7) is 10.8. The number of rotatable bonds is 3. The van der Waals surface area contributed by atoms with Crippen LogP contribution in [0.1, 0.15) is 41.0 Å². The molecule has 1 rings (SSSR count). The Kier molecular flexibility index (Phi) is 3.24. The van der Waals surface area contributed by atoms with Gasteiger partial charge in [0.25, 0.3) is 0 Å². The maximum absolute atomic E-state index is 9.21. The van der Waals surface area contributed by atoms with Crippen LogP contribution < -0.4 is 5.32 Å². The highest BCUT2D eigenvalue weighted by molar-refractivity contribution is 4.98. The third-order valence-corrected chi connectivity index (χ3v) is 2.73. The molecule has 0 aromatic carbocycles. The van der Waals surface area contributed by atoms with Crippen LogP contribution in [0.4, 0.5) is 0 Å². The molecule has 1 heterocycles. The second kappa shape index (κ2) is 3.80. The van der Waals surface area contributed by atoms with E-state index in [1.54, 1.807) is 6.92 Å². The normalized spacial score (nSPS) is 31.7. The van der Waals surface area contributed by atoms with Gasteiger partial charge in [-0.1, -0.05) is 0 Å². The van der Waals surface area contributed by atoms with Crippen LogP contribution in [0, 0.1) is 0 Å². The lowest BCUT2D eigenvalue weighted by Gasteiger charge is -2.28. The molecule has 3 nitrogen and oxygen atoms in total. The maximum atomic E-state index is 9.21. The molecule has 2 atom stereocenters. The Balaban J connectivity index is 2.53. The molecule has 1 saturated heterocycles. The predicted octanol–water partition coefficient (Wildman–Crippen LogP) is 1.30. The van der Waals surface area contributed by atoms with Gasteiger partial charge in [-0.3, -0.25) is 0 Å². The first-order valence-corrected chi connectivity index (χ1v) is 5.34. The van der Waals surface area contributed by atoms with Crippen LogP contribution in [-0.4, -0.2) is 35.0 Å². The summed E-state index contributed by atoms with van der Waals surface area (Å²) in [5, 5.41) is 12.6. The average Bonchev–Trinajstić information content (AvgIpc) is 2.14. The Morgan fingerprint density at radius 1 is 1.43 bits per heavy atom. The predicted molar refractivity (Wildman–Crippen MR) is 57.3 cm³/mol. The minimum atomic E-state index is -0.297. The summed E-state index contributed by atoms with van der Waals surface area (Å²) in [6.07, 6.45) is 0.696. The van der Waals surface area contributed by atoms with E-state index in [2.05, 4.69) is 33.0 Å². The number of hydrogen-bond acceptors (Lipinski definition) is 3. The molecule has 0 aliphatic carbocycles. The third kappa shape index (κ3) is 2.94. The van der Waals surface area contributed by atoms with Gasteiger partial charge >= 0.3 is 0 Å².